The van der Waals surface area contributed by atoms with Gasteiger partial charge in [-0.25, -0.2) is 0 Å². The van der Waals surface area contributed by atoms with Gasteiger partial charge in [0, 0.05) is 38.3 Å². The second kappa shape index (κ2) is 10.4. The van der Waals surface area contributed by atoms with Gasteiger partial charge >= 0.3 is 0 Å². The van der Waals surface area contributed by atoms with Crippen molar-refractivity contribution in [3.8, 4) is 5.75 Å². The van der Waals surface area contributed by atoms with E-state index < -0.39 is 0 Å². The molecule has 0 atom stereocenters. The van der Waals surface area contributed by atoms with E-state index in [2.05, 4.69) is 39.9 Å². The van der Waals surface area contributed by atoms with Crippen molar-refractivity contribution in [2.75, 3.05) is 0 Å². The zero-order valence-corrected chi connectivity index (χ0v) is 20.1. The molecule has 2 rings (SSSR count). The number of nitrogens with one attached hydrogen (secondary N) is 1. The number of hydrogen-bond donors (Lipinski definition) is 1. The molecule has 0 fully saturated rings. The first kappa shape index (κ1) is 25.4. The summed E-state index contributed by atoms with van der Waals surface area (Å²) in [4.78, 5) is 0. The Morgan fingerprint density at radius 3 is 2.07 bits per heavy atom. The van der Waals surface area contributed by atoms with Gasteiger partial charge in [-0.2, -0.15) is 0 Å². The van der Waals surface area contributed by atoms with Gasteiger partial charge in [0.15, 0.2) is 0 Å². The van der Waals surface area contributed by atoms with E-state index in [4.69, 9.17) is 39.5 Å². The van der Waals surface area contributed by atoms with E-state index >= 15 is 0 Å². The third kappa shape index (κ3) is 8.39. The molecule has 2 aromatic carbocycles. The Bertz CT molecular complexity index is 785. The molecule has 0 heterocycles. The first-order chi connectivity index (χ1) is 12.5. The summed E-state index contributed by atoms with van der Waals surface area (Å²) in [6, 6.07) is 11.1. The average Bonchev–Trinajstić information content (AvgIpc) is 2.51. The summed E-state index contributed by atoms with van der Waals surface area (Å²) in [6.07, 6.45) is 1.05. The molecule has 2 nitrogen and oxygen atoms in total. The second-order valence-electron chi connectivity index (χ2n) is 8.75. The molecular formula is C22H29Cl4NO. The summed E-state index contributed by atoms with van der Waals surface area (Å²) >= 11 is 18.4. The fourth-order valence-electron chi connectivity index (χ4n) is 3.34. The summed E-state index contributed by atoms with van der Waals surface area (Å²) in [5.74, 6) is 0.796. The summed E-state index contributed by atoms with van der Waals surface area (Å²) in [6.45, 7) is 12.2. The lowest BCUT2D eigenvalue weighted by Gasteiger charge is -2.33. The minimum Gasteiger partial charge on any atom is -0.489 e. The van der Waals surface area contributed by atoms with Crippen LogP contribution in [0.4, 0.5) is 0 Å². The molecule has 0 aliphatic carbocycles. The van der Waals surface area contributed by atoms with Gasteiger partial charge in [0.1, 0.15) is 12.4 Å². The third-order valence-electron chi connectivity index (χ3n) is 4.15. The van der Waals surface area contributed by atoms with E-state index in [0.29, 0.717) is 28.2 Å². The summed E-state index contributed by atoms with van der Waals surface area (Å²) in [5, 5.41) is 5.54. The molecule has 0 unspecified atom stereocenters. The highest BCUT2D eigenvalue weighted by Crippen LogP contribution is 2.29. The van der Waals surface area contributed by atoms with Crippen molar-refractivity contribution < 1.29 is 4.74 Å². The van der Waals surface area contributed by atoms with E-state index in [1.165, 1.54) is 0 Å². The molecule has 0 saturated carbocycles. The Morgan fingerprint density at radius 2 is 1.46 bits per heavy atom. The largest absolute Gasteiger partial charge is 0.489 e. The van der Waals surface area contributed by atoms with Gasteiger partial charge in [-0.15, -0.1) is 12.4 Å². The molecule has 0 amide bonds. The van der Waals surface area contributed by atoms with Crippen LogP contribution < -0.4 is 10.1 Å². The van der Waals surface area contributed by atoms with E-state index in [9.17, 15) is 0 Å². The molecule has 0 radical (unpaired) electrons. The first-order valence-corrected chi connectivity index (χ1v) is 10.2. The maximum Gasteiger partial charge on any atom is 0.124 e. The maximum absolute atomic E-state index is 6.25. The third-order valence-corrected chi connectivity index (χ3v) is 4.97. The predicted molar refractivity (Wildman–Crippen MR) is 124 cm³/mol. The summed E-state index contributed by atoms with van der Waals surface area (Å²) < 4.78 is 6.04. The summed E-state index contributed by atoms with van der Waals surface area (Å²) in [7, 11) is 0. The lowest BCUT2D eigenvalue weighted by atomic mass is 9.82. The van der Waals surface area contributed by atoms with E-state index in [1.54, 1.807) is 6.07 Å². The van der Waals surface area contributed by atoms with E-state index in [0.717, 1.165) is 23.3 Å². The minimum absolute atomic E-state index is 0. The Labute approximate surface area is 190 Å². The van der Waals surface area contributed by atoms with Crippen molar-refractivity contribution in [2.24, 2.45) is 5.41 Å². The maximum atomic E-state index is 6.25. The van der Waals surface area contributed by atoms with Gasteiger partial charge in [-0.3, -0.25) is 0 Å². The van der Waals surface area contributed by atoms with Crippen LogP contribution in [0, 0.1) is 5.41 Å². The highest BCUT2D eigenvalue weighted by Gasteiger charge is 2.25. The van der Waals surface area contributed by atoms with Gasteiger partial charge in [0.25, 0.3) is 0 Å². The molecule has 6 heteroatoms. The van der Waals surface area contributed by atoms with Crippen LogP contribution in [0.5, 0.6) is 5.75 Å². The Kier molecular flexibility index (Phi) is 9.44. The lowest BCUT2D eigenvalue weighted by Crippen LogP contribution is -2.41. The van der Waals surface area contributed by atoms with Gasteiger partial charge in [-0.1, -0.05) is 61.6 Å². The van der Waals surface area contributed by atoms with E-state index in [-0.39, 0.29) is 23.4 Å². The van der Waals surface area contributed by atoms with Crippen LogP contribution in [0.3, 0.4) is 0 Å². The van der Waals surface area contributed by atoms with Crippen molar-refractivity contribution in [3.63, 3.8) is 0 Å². The minimum atomic E-state index is -0.00265. The molecular weight excluding hydrogens is 436 g/mol. The Hall–Kier alpha value is -0.640. The van der Waals surface area contributed by atoms with Crippen LogP contribution >= 0.6 is 47.2 Å². The monoisotopic (exact) mass is 463 g/mol. The van der Waals surface area contributed by atoms with Crippen molar-refractivity contribution in [3.05, 3.63) is 62.6 Å². The van der Waals surface area contributed by atoms with Crippen molar-refractivity contribution in [1.29, 1.82) is 0 Å². The number of hydrogen-bond acceptors (Lipinski definition) is 2. The second-order valence-corrected chi connectivity index (χ2v) is 10.0. The van der Waals surface area contributed by atoms with Crippen LogP contribution in [0.15, 0.2) is 36.4 Å². The number of benzene rings is 2. The average molecular weight is 465 g/mol. The van der Waals surface area contributed by atoms with Crippen LogP contribution in [0.25, 0.3) is 0 Å². The highest BCUT2D eigenvalue weighted by molar-refractivity contribution is 6.35. The summed E-state index contributed by atoms with van der Waals surface area (Å²) in [5.41, 5.74) is 2.16. The van der Waals surface area contributed by atoms with Gasteiger partial charge in [-0.05, 0) is 56.0 Å². The normalized spacial score (nSPS) is 11.9. The molecule has 28 heavy (non-hydrogen) atoms. The molecule has 0 saturated heterocycles. The van der Waals surface area contributed by atoms with Crippen LogP contribution in [-0.2, 0) is 13.2 Å². The van der Waals surface area contributed by atoms with Crippen molar-refractivity contribution in [2.45, 2.75) is 59.7 Å². The SMILES string of the molecule is CC(C)(C)CC(C)(C)NCc1cc(Cl)ccc1OCc1ccc(Cl)cc1Cl.Cl. The highest BCUT2D eigenvalue weighted by atomic mass is 35.5. The molecule has 0 aliphatic heterocycles. The van der Waals surface area contributed by atoms with Crippen LogP contribution in [0.1, 0.15) is 52.2 Å². The zero-order valence-electron chi connectivity index (χ0n) is 17.0. The quantitative estimate of drug-likeness (QED) is 0.448. The lowest BCUT2D eigenvalue weighted by molar-refractivity contribution is 0.238. The predicted octanol–water partition coefficient (Wildman–Crippen LogP) is 7.95. The molecule has 0 spiro atoms. The zero-order chi connectivity index (χ0) is 20.2. The molecule has 0 aromatic heterocycles. The van der Waals surface area contributed by atoms with Crippen LogP contribution in [-0.4, -0.2) is 5.54 Å². The number of ether oxygens (including phenoxy) is 1. The molecule has 156 valence electrons. The number of halogens is 4. The molecule has 1 N–H and O–H groups in total. The van der Waals surface area contributed by atoms with Gasteiger partial charge < -0.3 is 10.1 Å². The van der Waals surface area contributed by atoms with E-state index in [1.807, 2.05) is 30.3 Å². The topological polar surface area (TPSA) is 21.3 Å². The van der Waals surface area contributed by atoms with Crippen LogP contribution in [0.2, 0.25) is 15.1 Å². The smallest absolute Gasteiger partial charge is 0.124 e. The molecule has 0 bridgehead atoms. The van der Waals surface area contributed by atoms with Crippen molar-refractivity contribution in [1.82, 2.24) is 5.32 Å². The molecule has 2 aromatic rings. The fraction of sp³-hybridized carbons (Fsp3) is 0.455. The van der Waals surface area contributed by atoms with Gasteiger partial charge in [0.05, 0.1) is 0 Å². The first-order valence-electron chi connectivity index (χ1n) is 9.05. The van der Waals surface area contributed by atoms with Gasteiger partial charge in [0.2, 0.25) is 0 Å². The van der Waals surface area contributed by atoms with Crippen molar-refractivity contribution >= 4 is 47.2 Å². The Morgan fingerprint density at radius 1 is 0.857 bits per heavy atom. The molecule has 0 aliphatic rings. The fourth-order valence-corrected chi connectivity index (χ4v) is 4.00. The standard InChI is InChI=1S/C22H28Cl3NO.ClH/c1-21(2,3)14-22(4,5)26-12-16-10-17(23)8-9-20(16)27-13-15-6-7-18(24)11-19(15)25;/h6-11,26H,12-14H2,1-5H3;1H. The Balaban J connectivity index is 0.00000392. The number of rotatable bonds is 7.